The van der Waals surface area contributed by atoms with Crippen molar-refractivity contribution in [1.82, 2.24) is 24.3 Å². The molecule has 1 aliphatic rings. The number of hydrogen-bond donors (Lipinski definition) is 1. The van der Waals surface area contributed by atoms with Crippen molar-refractivity contribution in [2.75, 3.05) is 18.8 Å². The van der Waals surface area contributed by atoms with E-state index in [0.29, 0.717) is 22.4 Å². The van der Waals surface area contributed by atoms with Gasteiger partial charge in [0.2, 0.25) is 0 Å². The van der Waals surface area contributed by atoms with Crippen molar-refractivity contribution < 1.29 is 4.79 Å². The molecule has 2 N–H and O–H groups in total. The number of carbonyl (C=O) groups is 1. The van der Waals surface area contributed by atoms with Crippen molar-refractivity contribution in [3.05, 3.63) is 22.8 Å². The standard InChI is InChI=1S/C12H16N6OS/c1-8-11(20-16-14-8)12(19)17-5-2-9(3-6-17)18-7-4-10(13)15-18/h4,7,9H,2-3,5-6H2,1H3,(H2,13,15). The molecule has 8 heteroatoms. The number of nitrogens with zero attached hydrogens (tertiary/aromatic N) is 5. The molecule has 1 amide bonds. The lowest BCUT2D eigenvalue weighted by molar-refractivity contribution is 0.0694. The third kappa shape index (κ3) is 2.38. The van der Waals surface area contributed by atoms with E-state index < -0.39 is 0 Å². The van der Waals surface area contributed by atoms with E-state index >= 15 is 0 Å². The molecule has 3 rings (SSSR count). The smallest absolute Gasteiger partial charge is 0.267 e. The number of nitrogens with two attached hydrogens (primary N) is 1. The van der Waals surface area contributed by atoms with Crippen LogP contribution in [0.1, 0.15) is 34.2 Å². The van der Waals surface area contributed by atoms with Crippen LogP contribution in [-0.2, 0) is 0 Å². The third-order valence-electron chi connectivity index (χ3n) is 3.60. The number of carbonyl (C=O) groups excluding carboxylic acids is 1. The van der Waals surface area contributed by atoms with Crippen molar-refractivity contribution in [1.29, 1.82) is 0 Å². The Morgan fingerprint density at radius 3 is 2.75 bits per heavy atom. The number of aromatic nitrogens is 4. The number of anilines is 1. The van der Waals surface area contributed by atoms with E-state index in [1.54, 1.807) is 6.07 Å². The van der Waals surface area contributed by atoms with Gasteiger partial charge in [-0.15, -0.1) is 5.10 Å². The first-order valence-corrected chi connectivity index (χ1v) is 7.31. The molecule has 0 bridgehead atoms. The molecule has 106 valence electrons. The first-order valence-electron chi connectivity index (χ1n) is 6.54. The second-order valence-electron chi connectivity index (χ2n) is 4.93. The number of hydrogen-bond acceptors (Lipinski definition) is 6. The van der Waals surface area contributed by atoms with Crippen LogP contribution >= 0.6 is 11.5 Å². The van der Waals surface area contributed by atoms with Crippen LogP contribution in [0.3, 0.4) is 0 Å². The predicted molar refractivity (Wildman–Crippen MR) is 75.5 cm³/mol. The maximum absolute atomic E-state index is 12.3. The van der Waals surface area contributed by atoms with Crippen molar-refractivity contribution in [3.8, 4) is 0 Å². The summed E-state index contributed by atoms with van der Waals surface area (Å²) >= 11 is 1.17. The summed E-state index contributed by atoms with van der Waals surface area (Å²) in [6.07, 6.45) is 3.67. The van der Waals surface area contributed by atoms with Crippen molar-refractivity contribution >= 4 is 23.3 Å². The molecule has 1 saturated heterocycles. The number of nitrogen functional groups attached to an aromatic ring is 1. The lowest BCUT2D eigenvalue weighted by Crippen LogP contribution is -2.39. The summed E-state index contributed by atoms with van der Waals surface area (Å²) in [6.45, 7) is 3.26. The van der Waals surface area contributed by atoms with Crippen LogP contribution in [0, 0.1) is 6.92 Å². The highest BCUT2D eigenvalue weighted by Gasteiger charge is 2.27. The molecule has 2 aromatic heterocycles. The number of amides is 1. The summed E-state index contributed by atoms with van der Waals surface area (Å²) in [5.41, 5.74) is 6.34. The lowest BCUT2D eigenvalue weighted by Gasteiger charge is -2.31. The van der Waals surface area contributed by atoms with Gasteiger partial charge in [0.05, 0.1) is 11.7 Å². The van der Waals surface area contributed by atoms with Gasteiger partial charge in [-0.1, -0.05) is 4.49 Å². The molecule has 1 fully saturated rings. The summed E-state index contributed by atoms with van der Waals surface area (Å²) in [4.78, 5) is 14.9. The molecule has 3 heterocycles. The second kappa shape index (κ2) is 5.20. The van der Waals surface area contributed by atoms with E-state index in [2.05, 4.69) is 14.7 Å². The van der Waals surface area contributed by atoms with Crippen LogP contribution in [0.15, 0.2) is 12.3 Å². The molecule has 0 aliphatic carbocycles. The fraction of sp³-hybridized carbons (Fsp3) is 0.500. The van der Waals surface area contributed by atoms with E-state index in [4.69, 9.17) is 5.73 Å². The molecule has 0 aromatic carbocycles. The topological polar surface area (TPSA) is 89.9 Å². The molecule has 7 nitrogen and oxygen atoms in total. The number of piperidine rings is 1. The van der Waals surface area contributed by atoms with Gasteiger partial charge in [0.25, 0.3) is 5.91 Å². The quantitative estimate of drug-likeness (QED) is 0.895. The van der Waals surface area contributed by atoms with Gasteiger partial charge >= 0.3 is 0 Å². The molecular formula is C12H16N6OS. The van der Waals surface area contributed by atoms with Crippen LogP contribution in [0.25, 0.3) is 0 Å². The zero-order valence-electron chi connectivity index (χ0n) is 11.2. The van der Waals surface area contributed by atoms with Gasteiger partial charge in [0.1, 0.15) is 10.7 Å². The molecule has 0 saturated carbocycles. The van der Waals surface area contributed by atoms with Gasteiger partial charge in [-0.05, 0) is 37.4 Å². The van der Waals surface area contributed by atoms with Crippen molar-refractivity contribution in [2.24, 2.45) is 0 Å². The average molecular weight is 292 g/mol. The molecule has 2 aromatic rings. The largest absolute Gasteiger partial charge is 0.382 e. The van der Waals surface area contributed by atoms with Gasteiger partial charge in [-0.3, -0.25) is 9.48 Å². The minimum absolute atomic E-state index is 0.0379. The lowest BCUT2D eigenvalue weighted by atomic mass is 10.1. The first-order chi connectivity index (χ1) is 9.65. The summed E-state index contributed by atoms with van der Waals surface area (Å²) in [5.74, 6) is 0.575. The van der Waals surface area contributed by atoms with Crippen LogP contribution in [0.2, 0.25) is 0 Å². The summed E-state index contributed by atoms with van der Waals surface area (Å²) in [6, 6.07) is 2.11. The van der Waals surface area contributed by atoms with Gasteiger partial charge in [-0.25, -0.2) is 0 Å². The zero-order valence-corrected chi connectivity index (χ0v) is 12.0. The maximum atomic E-state index is 12.3. The van der Waals surface area contributed by atoms with E-state index in [-0.39, 0.29) is 5.91 Å². The Hall–Kier alpha value is -1.96. The van der Waals surface area contributed by atoms with E-state index in [9.17, 15) is 4.79 Å². The fourth-order valence-corrected chi connectivity index (χ4v) is 3.09. The molecule has 20 heavy (non-hydrogen) atoms. The highest BCUT2D eigenvalue weighted by molar-refractivity contribution is 7.07. The monoisotopic (exact) mass is 292 g/mol. The molecular weight excluding hydrogens is 276 g/mol. The Balaban J connectivity index is 1.64. The third-order valence-corrected chi connectivity index (χ3v) is 4.42. The highest BCUT2D eigenvalue weighted by atomic mass is 32.1. The van der Waals surface area contributed by atoms with Crippen LogP contribution < -0.4 is 5.73 Å². The number of rotatable bonds is 2. The van der Waals surface area contributed by atoms with Crippen LogP contribution in [0.5, 0.6) is 0 Å². The summed E-state index contributed by atoms with van der Waals surface area (Å²) in [7, 11) is 0. The fourth-order valence-electron chi connectivity index (χ4n) is 2.46. The molecule has 0 unspecified atom stereocenters. The van der Waals surface area contributed by atoms with E-state index in [0.717, 1.165) is 25.9 Å². The maximum Gasteiger partial charge on any atom is 0.267 e. The van der Waals surface area contributed by atoms with Gasteiger partial charge in [-0.2, -0.15) is 5.10 Å². The Labute approximate surface area is 120 Å². The summed E-state index contributed by atoms with van der Waals surface area (Å²) < 4.78 is 5.72. The van der Waals surface area contributed by atoms with E-state index in [1.165, 1.54) is 11.5 Å². The Bertz CT molecular complexity index is 613. The Kier molecular flexibility index (Phi) is 3.39. The average Bonchev–Trinajstić information content (AvgIpc) is 3.07. The molecule has 0 atom stereocenters. The van der Waals surface area contributed by atoms with Crippen LogP contribution in [-0.4, -0.2) is 43.3 Å². The Morgan fingerprint density at radius 2 is 2.20 bits per heavy atom. The van der Waals surface area contributed by atoms with Gasteiger partial charge in [0.15, 0.2) is 0 Å². The van der Waals surface area contributed by atoms with Crippen molar-refractivity contribution in [2.45, 2.75) is 25.8 Å². The Morgan fingerprint density at radius 1 is 1.45 bits per heavy atom. The first kappa shape index (κ1) is 13.0. The second-order valence-corrected chi connectivity index (χ2v) is 5.69. The molecule has 0 radical (unpaired) electrons. The van der Waals surface area contributed by atoms with Crippen molar-refractivity contribution in [3.63, 3.8) is 0 Å². The van der Waals surface area contributed by atoms with Gasteiger partial charge in [0, 0.05) is 19.3 Å². The minimum atomic E-state index is 0.0379. The van der Waals surface area contributed by atoms with Crippen LogP contribution in [0.4, 0.5) is 5.82 Å². The SMILES string of the molecule is Cc1nnsc1C(=O)N1CCC(n2ccc(N)n2)CC1. The zero-order chi connectivity index (χ0) is 14.1. The normalized spacial score (nSPS) is 16.6. The predicted octanol–water partition coefficient (Wildman–Crippen LogP) is 1.10. The summed E-state index contributed by atoms with van der Waals surface area (Å²) in [5, 5.41) is 8.13. The highest BCUT2D eigenvalue weighted by Crippen LogP contribution is 2.24. The molecule has 0 spiro atoms. The van der Waals surface area contributed by atoms with E-state index in [1.807, 2.05) is 22.7 Å². The molecule has 1 aliphatic heterocycles. The number of likely N-dealkylation sites (tertiary alicyclic amines) is 1. The van der Waals surface area contributed by atoms with Gasteiger partial charge < -0.3 is 10.6 Å². The number of aryl methyl sites for hydroxylation is 1. The minimum Gasteiger partial charge on any atom is -0.382 e.